The van der Waals surface area contributed by atoms with Gasteiger partial charge in [0.2, 0.25) is 4.77 Å². The fraction of sp³-hybridized carbons (Fsp3) is 0.500. The quantitative estimate of drug-likeness (QED) is 0.820. The van der Waals surface area contributed by atoms with Crippen molar-refractivity contribution in [1.29, 1.82) is 0 Å². The molecule has 0 spiro atoms. The number of aromatic nitrogens is 4. The Balaban J connectivity index is 2.39. The molecule has 2 aromatic rings. The average molecular weight is 270 g/mol. The van der Waals surface area contributed by atoms with E-state index in [9.17, 15) is 0 Å². The molecular weight excluding hydrogens is 256 g/mol. The monoisotopic (exact) mass is 270 g/mol. The van der Waals surface area contributed by atoms with E-state index in [2.05, 4.69) is 27.1 Å². The Morgan fingerprint density at radius 1 is 1.35 bits per heavy atom. The largest absolute Gasteiger partial charge is 0.378 e. The zero-order chi connectivity index (χ0) is 12.3. The van der Waals surface area contributed by atoms with Gasteiger partial charge in [-0.25, -0.2) is 4.98 Å². The van der Waals surface area contributed by atoms with Crippen molar-refractivity contribution < 1.29 is 4.74 Å². The van der Waals surface area contributed by atoms with Crippen molar-refractivity contribution in [2.24, 2.45) is 0 Å². The van der Waals surface area contributed by atoms with Crippen molar-refractivity contribution in [3.63, 3.8) is 0 Å². The number of ether oxygens (including phenoxy) is 1. The van der Waals surface area contributed by atoms with Crippen LogP contribution in [0.1, 0.15) is 24.0 Å². The highest BCUT2D eigenvalue weighted by atomic mass is 32.1. The van der Waals surface area contributed by atoms with Crippen LogP contribution in [0, 0.1) is 4.77 Å². The van der Waals surface area contributed by atoms with E-state index < -0.39 is 0 Å². The van der Waals surface area contributed by atoms with E-state index in [-0.39, 0.29) is 0 Å². The number of methoxy groups -OCH3 is 1. The predicted molar refractivity (Wildman–Crippen MR) is 69.6 cm³/mol. The first-order valence-corrected chi connectivity index (χ1v) is 6.59. The smallest absolute Gasteiger partial charge is 0.213 e. The zero-order valence-corrected chi connectivity index (χ0v) is 11.4. The van der Waals surface area contributed by atoms with Crippen molar-refractivity contribution in [2.75, 3.05) is 7.11 Å². The summed E-state index contributed by atoms with van der Waals surface area (Å²) in [6, 6.07) is 0. The molecule has 0 radical (unpaired) electrons. The van der Waals surface area contributed by atoms with Gasteiger partial charge in [0, 0.05) is 7.11 Å². The van der Waals surface area contributed by atoms with Crippen molar-refractivity contribution in [3.8, 4) is 10.7 Å². The Labute approximate surface area is 108 Å². The highest BCUT2D eigenvalue weighted by molar-refractivity contribution is 7.71. The Hall–Kier alpha value is -1.05. The molecule has 0 atom stereocenters. The Morgan fingerprint density at radius 3 is 2.76 bits per heavy atom. The molecule has 0 unspecified atom stereocenters. The number of hydrogen-bond acceptors (Lipinski definition) is 5. The number of hydrogen-bond donors (Lipinski definition) is 2. The van der Waals surface area contributed by atoms with Crippen LogP contribution in [0.2, 0.25) is 0 Å². The van der Waals surface area contributed by atoms with Gasteiger partial charge < -0.3 is 4.74 Å². The second-order valence-corrected chi connectivity index (χ2v) is 5.05. The molecule has 0 saturated carbocycles. The lowest BCUT2D eigenvalue weighted by Gasteiger charge is -1.95. The van der Waals surface area contributed by atoms with Gasteiger partial charge in [0.25, 0.3) is 0 Å². The molecule has 0 aromatic carbocycles. The van der Waals surface area contributed by atoms with E-state index in [1.807, 2.05) is 0 Å². The summed E-state index contributed by atoms with van der Waals surface area (Å²) in [7, 11) is 1.67. The summed E-state index contributed by atoms with van der Waals surface area (Å²) in [6.45, 7) is 2.67. The van der Waals surface area contributed by atoms with Gasteiger partial charge in [-0.3, -0.25) is 10.2 Å². The Morgan fingerprint density at radius 2 is 2.18 bits per heavy atom. The SMILES string of the molecule is CCCc1nc(COC)sc1-c1nc(=S)[nH][nH]1. The summed E-state index contributed by atoms with van der Waals surface area (Å²) in [6.07, 6.45) is 1.98. The second-order valence-electron chi connectivity index (χ2n) is 3.58. The first-order chi connectivity index (χ1) is 8.24. The molecule has 2 rings (SSSR count). The van der Waals surface area contributed by atoms with Crippen molar-refractivity contribution >= 4 is 23.6 Å². The van der Waals surface area contributed by atoms with Gasteiger partial charge in [-0.1, -0.05) is 13.3 Å². The van der Waals surface area contributed by atoms with E-state index in [0.29, 0.717) is 11.4 Å². The van der Waals surface area contributed by atoms with E-state index in [4.69, 9.17) is 17.0 Å². The third-order valence-electron chi connectivity index (χ3n) is 2.21. The summed E-state index contributed by atoms with van der Waals surface area (Å²) in [5.74, 6) is 0.762. The summed E-state index contributed by atoms with van der Waals surface area (Å²) < 4.78 is 5.57. The molecule has 2 aromatic heterocycles. The lowest BCUT2D eigenvalue weighted by Crippen LogP contribution is -1.90. The van der Waals surface area contributed by atoms with Gasteiger partial charge in [-0.05, 0) is 18.6 Å². The number of nitrogens with zero attached hydrogens (tertiary/aromatic N) is 2. The van der Waals surface area contributed by atoms with E-state index in [0.717, 1.165) is 34.2 Å². The predicted octanol–water partition coefficient (Wildman–Crippen LogP) is 2.69. The lowest BCUT2D eigenvalue weighted by atomic mass is 10.2. The number of nitrogens with one attached hydrogen (secondary N) is 2. The summed E-state index contributed by atoms with van der Waals surface area (Å²) in [5, 5.41) is 6.74. The van der Waals surface area contributed by atoms with Crippen LogP contribution in [0.4, 0.5) is 0 Å². The highest BCUT2D eigenvalue weighted by Gasteiger charge is 2.14. The van der Waals surface area contributed by atoms with Gasteiger partial charge in [0.05, 0.1) is 17.2 Å². The molecular formula is C10H14N4OS2. The maximum absolute atomic E-state index is 5.10. The molecule has 0 aliphatic carbocycles. The van der Waals surface area contributed by atoms with Gasteiger partial charge in [0.1, 0.15) is 5.01 Å². The minimum atomic E-state index is 0.462. The molecule has 0 amide bonds. The molecule has 0 saturated heterocycles. The van der Waals surface area contributed by atoms with Crippen molar-refractivity contribution in [2.45, 2.75) is 26.4 Å². The summed E-state index contributed by atoms with van der Waals surface area (Å²) in [5.41, 5.74) is 1.06. The zero-order valence-electron chi connectivity index (χ0n) is 9.74. The number of aromatic amines is 2. The fourth-order valence-corrected chi connectivity index (χ4v) is 2.72. The number of aryl methyl sites for hydroxylation is 1. The molecule has 0 aliphatic rings. The molecule has 0 bridgehead atoms. The average Bonchev–Trinajstić information content (AvgIpc) is 2.86. The molecule has 0 fully saturated rings. The van der Waals surface area contributed by atoms with Crippen LogP contribution < -0.4 is 0 Å². The standard InChI is InChI=1S/C10H14N4OS2/c1-3-4-6-8(9-12-10(16)14-13-9)17-7(11-6)5-15-2/h3-5H2,1-2H3,(H2,12,13,14,16). The van der Waals surface area contributed by atoms with Crippen LogP contribution in [0.25, 0.3) is 10.7 Å². The molecule has 92 valence electrons. The number of rotatable bonds is 5. The minimum Gasteiger partial charge on any atom is -0.378 e. The van der Waals surface area contributed by atoms with Crippen LogP contribution in [-0.4, -0.2) is 27.3 Å². The van der Waals surface area contributed by atoms with Crippen LogP contribution in [0.3, 0.4) is 0 Å². The molecule has 5 nitrogen and oxygen atoms in total. The minimum absolute atomic E-state index is 0.462. The molecule has 7 heteroatoms. The molecule has 17 heavy (non-hydrogen) atoms. The number of thiazole rings is 1. The molecule has 0 aliphatic heterocycles. The first-order valence-electron chi connectivity index (χ1n) is 5.37. The third kappa shape index (κ3) is 2.80. The van der Waals surface area contributed by atoms with Gasteiger partial charge in [-0.15, -0.1) is 11.3 Å². The lowest BCUT2D eigenvalue weighted by molar-refractivity contribution is 0.184. The Bertz CT molecular complexity index is 542. The topological polar surface area (TPSA) is 66.6 Å². The summed E-state index contributed by atoms with van der Waals surface area (Å²) in [4.78, 5) is 9.84. The Kier molecular flexibility index (Phi) is 4.03. The van der Waals surface area contributed by atoms with Crippen LogP contribution in [0.15, 0.2) is 0 Å². The maximum Gasteiger partial charge on any atom is 0.213 e. The normalized spacial score (nSPS) is 10.9. The van der Waals surface area contributed by atoms with Crippen molar-refractivity contribution in [3.05, 3.63) is 15.5 Å². The number of H-pyrrole nitrogens is 2. The van der Waals surface area contributed by atoms with Gasteiger partial charge in [0.15, 0.2) is 5.82 Å². The first kappa shape index (κ1) is 12.4. The third-order valence-corrected chi connectivity index (χ3v) is 3.48. The van der Waals surface area contributed by atoms with E-state index >= 15 is 0 Å². The van der Waals surface area contributed by atoms with Gasteiger partial charge in [-0.2, -0.15) is 4.98 Å². The van der Waals surface area contributed by atoms with Gasteiger partial charge >= 0.3 is 0 Å². The fourth-order valence-electron chi connectivity index (χ4n) is 1.55. The van der Waals surface area contributed by atoms with Crippen LogP contribution in [0.5, 0.6) is 0 Å². The maximum atomic E-state index is 5.10. The summed E-state index contributed by atoms with van der Waals surface area (Å²) >= 11 is 6.55. The molecule has 2 N–H and O–H groups in total. The molecule has 2 heterocycles. The highest BCUT2D eigenvalue weighted by Crippen LogP contribution is 2.28. The van der Waals surface area contributed by atoms with Crippen LogP contribution in [-0.2, 0) is 17.8 Å². The van der Waals surface area contributed by atoms with E-state index in [1.165, 1.54) is 0 Å². The second kappa shape index (κ2) is 5.52. The van der Waals surface area contributed by atoms with Crippen LogP contribution >= 0.6 is 23.6 Å². The van der Waals surface area contributed by atoms with Crippen molar-refractivity contribution in [1.82, 2.24) is 20.2 Å². The van der Waals surface area contributed by atoms with E-state index in [1.54, 1.807) is 18.4 Å².